The van der Waals surface area contributed by atoms with E-state index in [4.69, 9.17) is 22.6 Å². The summed E-state index contributed by atoms with van der Waals surface area (Å²) in [5, 5.41) is 9.39. The quantitative estimate of drug-likeness (QED) is 0.933. The van der Waals surface area contributed by atoms with Gasteiger partial charge in [0.2, 0.25) is 0 Å². The van der Waals surface area contributed by atoms with Crippen molar-refractivity contribution < 1.29 is 0 Å². The van der Waals surface area contributed by atoms with E-state index in [2.05, 4.69) is 11.1 Å². The number of halogens is 1. The number of nitriles is 1. The van der Waals surface area contributed by atoms with Crippen LogP contribution >= 0.6 is 11.6 Å². The Kier molecular flexibility index (Phi) is 3.88. The Morgan fingerprint density at radius 1 is 1.42 bits per heavy atom. The van der Waals surface area contributed by atoms with Crippen LogP contribution in [0.5, 0.6) is 0 Å². The lowest BCUT2D eigenvalue weighted by atomic mass is 10.1. The molecule has 0 saturated heterocycles. The number of hydrogen-bond donors (Lipinski definition) is 1. The molecule has 0 fully saturated rings. The summed E-state index contributed by atoms with van der Waals surface area (Å²) in [6, 6.07) is 9.20. The predicted octanol–water partition coefficient (Wildman–Crippen LogP) is 2.83. The highest BCUT2D eigenvalue weighted by Crippen LogP contribution is 2.24. The maximum atomic E-state index is 8.81. The molecule has 0 saturated carbocycles. The van der Waals surface area contributed by atoms with E-state index in [1.165, 1.54) is 0 Å². The zero-order chi connectivity index (χ0) is 13.8. The highest BCUT2D eigenvalue weighted by atomic mass is 35.5. The van der Waals surface area contributed by atoms with Crippen LogP contribution in [0.25, 0.3) is 0 Å². The van der Waals surface area contributed by atoms with E-state index < -0.39 is 0 Å². The SMILES string of the molecule is CN(Cc1ccc(C#N)cc1Cl)c1ccncc1N. The smallest absolute Gasteiger partial charge is 0.0992 e. The number of nitrogens with zero attached hydrogens (tertiary/aromatic N) is 3. The molecule has 0 aliphatic heterocycles. The van der Waals surface area contributed by atoms with E-state index in [0.29, 0.717) is 22.8 Å². The summed E-state index contributed by atoms with van der Waals surface area (Å²) in [5.41, 5.74) is 8.90. The Hall–Kier alpha value is -2.25. The molecule has 5 heteroatoms. The van der Waals surface area contributed by atoms with Crippen molar-refractivity contribution in [2.75, 3.05) is 17.7 Å². The van der Waals surface area contributed by atoms with Gasteiger partial charge in [-0.15, -0.1) is 0 Å². The molecule has 2 rings (SSSR count). The molecule has 0 spiro atoms. The van der Waals surface area contributed by atoms with Gasteiger partial charge in [0.15, 0.2) is 0 Å². The molecule has 2 N–H and O–H groups in total. The molecule has 0 amide bonds. The molecule has 0 unspecified atom stereocenters. The number of nitrogen functional groups attached to an aromatic ring is 1. The highest BCUT2D eigenvalue weighted by Gasteiger charge is 2.08. The van der Waals surface area contributed by atoms with Gasteiger partial charge in [0, 0.05) is 24.8 Å². The predicted molar refractivity (Wildman–Crippen MR) is 76.9 cm³/mol. The van der Waals surface area contributed by atoms with Crippen molar-refractivity contribution in [1.82, 2.24) is 4.98 Å². The zero-order valence-electron chi connectivity index (χ0n) is 10.5. The Bertz CT molecular complexity index is 634. The minimum absolute atomic E-state index is 0.555. The van der Waals surface area contributed by atoms with Crippen molar-refractivity contribution in [3.05, 3.63) is 52.8 Å². The molecule has 19 heavy (non-hydrogen) atoms. The van der Waals surface area contributed by atoms with Crippen molar-refractivity contribution >= 4 is 23.0 Å². The molecule has 96 valence electrons. The van der Waals surface area contributed by atoms with Gasteiger partial charge in [-0.05, 0) is 23.8 Å². The minimum Gasteiger partial charge on any atom is -0.396 e. The fourth-order valence-electron chi connectivity index (χ4n) is 1.83. The van der Waals surface area contributed by atoms with Gasteiger partial charge in [-0.2, -0.15) is 5.26 Å². The second-order valence-corrected chi connectivity index (χ2v) is 4.62. The summed E-state index contributed by atoms with van der Waals surface area (Å²) in [5.74, 6) is 0. The standard InChI is InChI=1S/C14H13ClN4/c1-19(14-4-5-18-8-13(14)17)9-11-3-2-10(7-16)6-12(11)15/h2-6,8H,9,17H2,1H3. The molecule has 0 aliphatic carbocycles. The molecule has 4 nitrogen and oxygen atoms in total. The first-order chi connectivity index (χ1) is 9.11. The number of anilines is 2. The molecule has 1 aromatic heterocycles. The lowest BCUT2D eigenvalue weighted by molar-refractivity contribution is 0.922. The largest absolute Gasteiger partial charge is 0.396 e. The Balaban J connectivity index is 2.22. The van der Waals surface area contributed by atoms with Crippen LogP contribution in [0.3, 0.4) is 0 Å². The second kappa shape index (κ2) is 5.59. The van der Waals surface area contributed by atoms with Gasteiger partial charge in [-0.1, -0.05) is 17.7 Å². The monoisotopic (exact) mass is 272 g/mol. The number of hydrogen-bond acceptors (Lipinski definition) is 4. The lowest BCUT2D eigenvalue weighted by Crippen LogP contribution is -2.18. The number of pyridine rings is 1. The summed E-state index contributed by atoms with van der Waals surface area (Å²) in [4.78, 5) is 5.95. The first-order valence-electron chi connectivity index (χ1n) is 5.71. The Morgan fingerprint density at radius 3 is 2.84 bits per heavy atom. The van der Waals surface area contributed by atoms with Crippen LogP contribution < -0.4 is 10.6 Å². The van der Waals surface area contributed by atoms with Crippen molar-refractivity contribution in [3.8, 4) is 6.07 Å². The molecule has 0 aliphatic rings. The number of aromatic nitrogens is 1. The number of nitrogens with two attached hydrogens (primary N) is 1. The minimum atomic E-state index is 0.555. The molecule has 0 radical (unpaired) electrons. The van der Waals surface area contributed by atoms with Crippen LogP contribution in [0.4, 0.5) is 11.4 Å². The van der Waals surface area contributed by atoms with Gasteiger partial charge >= 0.3 is 0 Å². The molecular formula is C14H13ClN4. The summed E-state index contributed by atoms with van der Waals surface area (Å²) in [6.07, 6.45) is 3.31. The fourth-order valence-corrected chi connectivity index (χ4v) is 2.07. The Morgan fingerprint density at radius 2 is 2.21 bits per heavy atom. The fraction of sp³-hybridized carbons (Fsp3) is 0.143. The summed E-state index contributed by atoms with van der Waals surface area (Å²) < 4.78 is 0. The van der Waals surface area contributed by atoms with Crippen LogP contribution in [-0.2, 0) is 6.54 Å². The molecule has 2 aromatic rings. The van der Waals surface area contributed by atoms with Crippen LogP contribution in [0.1, 0.15) is 11.1 Å². The molecular weight excluding hydrogens is 260 g/mol. The Labute approximate surface area is 117 Å². The van der Waals surface area contributed by atoms with E-state index in [-0.39, 0.29) is 0 Å². The average Bonchev–Trinajstić information content (AvgIpc) is 2.41. The van der Waals surface area contributed by atoms with Crippen molar-refractivity contribution in [3.63, 3.8) is 0 Å². The maximum absolute atomic E-state index is 8.81. The van der Waals surface area contributed by atoms with E-state index in [1.54, 1.807) is 24.5 Å². The van der Waals surface area contributed by atoms with Gasteiger partial charge in [-0.25, -0.2) is 0 Å². The average molecular weight is 273 g/mol. The first-order valence-corrected chi connectivity index (χ1v) is 6.08. The summed E-state index contributed by atoms with van der Waals surface area (Å²) in [7, 11) is 1.93. The highest BCUT2D eigenvalue weighted by molar-refractivity contribution is 6.31. The van der Waals surface area contributed by atoms with Crippen LogP contribution in [0, 0.1) is 11.3 Å². The number of rotatable bonds is 3. The van der Waals surface area contributed by atoms with E-state index in [1.807, 2.05) is 24.1 Å². The summed E-state index contributed by atoms with van der Waals surface area (Å²) in [6.45, 7) is 0.610. The van der Waals surface area contributed by atoms with E-state index in [9.17, 15) is 0 Å². The van der Waals surface area contributed by atoms with Gasteiger partial charge in [0.05, 0.1) is 29.2 Å². The topological polar surface area (TPSA) is 65.9 Å². The normalized spacial score (nSPS) is 9.95. The first kappa shape index (κ1) is 13.2. The molecule has 1 aromatic carbocycles. The third-order valence-corrected chi connectivity index (χ3v) is 3.18. The van der Waals surface area contributed by atoms with E-state index in [0.717, 1.165) is 11.3 Å². The van der Waals surface area contributed by atoms with Gasteiger partial charge in [-0.3, -0.25) is 4.98 Å². The summed E-state index contributed by atoms with van der Waals surface area (Å²) >= 11 is 6.16. The van der Waals surface area contributed by atoms with Crippen LogP contribution in [0.15, 0.2) is 36.7 Å². The third-order valence-electron chi connectivity index (χ3n) is 2.83. The molecule has 0 bridgehead atoms. The van der Waals surface area contributed by atoms with Gasteiger partial charge < -0.3 is 10.6 Å². The van der Waals surface area contributed by atoms with Crippen molar-refractivity contribution in [1.29, 1.82) is 5.26 Å². The molecule has 1 heterocycles. The number of benzene rings is 1. The van der Waals surface area contributed by atoms with Gasteiger partial charge in [0.25, 0.3) is 0 Å². The van der Waals surface area contributed by atoms with Gasteiger partial charge in [0.1, 0.15) is 0 Å². The van der Waals surface area contributed by atoms with E-state index >= 15 is 0 Å². The van der Waals surface area contributed by atoms with Crippen LogP contribution in [0.2, 0.25) is 5.02 Å². The van der Waals surface area contributed by atoms with Crippen molar-refractivity contribution in [2.45, 2.75) is 6.54 Å². The van der Waals surface area contributed by atoms with Crippen LogP contribution in [-0.4, -0.2) is 12.0 Å². The zero-order valence-corrected chi connectivity index (χ0v) is 11.2. The lowest BCUT2D eigenvalue weighted by Gasteiger charge is -2.21. The third kappa shape index (κ3) is 2.95. The molecule has 0 atom stereocenters. The van der Waals surface area contributed by atoms with Crippen molar-refractivity contribution in [2.24, 2.45) is 0 Å². The second-order valence-electron chi connectivity index (χ2n) is 4.21. The maximum Gasteiger partial charge on any atom is 0.0992 e.